The Kier molecular flexibility index (Phi) is 5.71. The Bertz CT molecular complexity index is 852. The van der Waals surface area contributed by atoms with Crippen LogP contribution in [0.2, 0.25) is 0 Å². The van der Waals surface area contributed by atoms with Gasteiger partial charge in [-0.25, -0.2) is 4.98 Å². The van der Waals surface area contributed by atoms with Gasteiger partial charge < -0.3 is 0 Å². The van der Waals surface area contributed by atoms with E-state index in [9.17, 15) is 4.79 Å². The van der Waals surface area contributed by atoms with Crippen LogP contribution in [0.15, 0.2) is 45.4 Å². The Labute approximate surface area is 156 Å². The number of nitrogens with one attached hydrogen (secondary N) is 1. The number of nitrogens with zero attached hydrogens (tertiary/aromatic N) is 2. The van der Waals surface area contributed by atoms with Crippen molar-refractivity contribution in [3.8, 4) is 0 Å². The predicted molar refractivity (Wildman–Crippen MR) is 107 cm³/mol. The van der Waals surface area contributed by atoms with Crippen LogP contribution in [0.1, 0.15) is 41.3 Å². The molecule has 1 amide bonds. The number of anilines is 1. The quantitative estimate of drug-likeness (QED) is 0.706. The minimum atomic E-state index is -0.119. The van der Waals surface area contributed by atoms with Gasteiger partial charge in [0.25, 0.3) is 5.91 Å². The van der Waals surface area contributed by atoms with Crippen LogP contribution >= 0.6 is 23.1 Å². The summed E-state index contributed by atoms with van der Waals surface area (Å²) in [6.45, 7) is 6.20. The molecule has 6 heteroatoms. The van der Waals surface area contributed by atoms with E-state index in [4.69, 9.17) is 0 Å². The summed E-state index contributed by atoms with van der Waals surface area (Å²) in [5.74, 6) is 0.748. The molecule has 1 aromatic heterocycles. The first-order valence-corrected chi connectivity index (χ1v) is 10.1. The number of carbonyl (C=O) groups is 1. The number of rotatable bonds is 6. The van der Waals surface area contributed by atoms with E-state index in [1.54, 1.807) is 11.8 Å². The lowest BCUT2D eigenvalue weighted by Gasteiger charge is -2.04. The van der Waals surface area contributed by atoms with Gasteiger partial charge in [-0.05, 0) is 49.1 Å². The highest BCUT2D eigenvalue weighted by Crippen LogP contribution is 2.30. The summed E-state index contributed by atoms with van der Waals surface area (Å²) in [5, 5.41) is 3.52. The van der Waals surface area contributed by atoms with Gasteiger partial charge in [-0.15, -0.1) is 11.8 Å². The monoisotopic (exact) mass is 371 g/mol. The van der Waals surface area contributed by atoms with E-state index >= 15 is 0 Å². The number of aromatic nitrogens is 1. The maximum Gasteiger partial charge on any atom is 0.257 e. The van der Waals surface area contributed by atoms with E-state index in [2.05, 4.69) is 22.2 Å². The molecule has 3 rings (SSSR count). The SMILES string of the molecule is CCC1=CN=C(CSc2cnc(NC(=O)c3ccc(C)c(C)c3)s2)C1. The van der Waals surface area contributed by atoms with Gasteiger partial charge in [0.15, 0.2) is 5.13 Å². The van der Waals surface area contributed by atoms with Crippen molar-refractivity contribution in [2.45, 2.75) is 37.8 Å². The van der Waals surface area contributed by atoms with E-state index in [1.807, 2.05) is 44.4 Å². The van der Waals surface area contributed by atoms with Crippen molar-refractivity contribution in [1.82, 2.24) is 4.98 Å². The van der Waals surface area contributed by atoms with Crippen LogP contribution in [0.25, 0.3) is 0 Å². The van der Waals surface area contributed by atoms with Crippen molar-refractivity contribution in [3.63, 3.8) is 0 Å². The summed E-state index contributed by atoms with van der Waals surface area (Å²) in [6, 6.07) is 5.72. The first-order chi connectivity index (χ1) is 12.0. The van der Waals surface area contributed by atoms with Crippen molar-refractivity contribution in [3.05, 3.63) is 52.9 Å². The van der Waals surface area contributed by atoms with Crippen LogP contribution in [0.5, 0.6) is 0 Å². The Morgan fingerprint density at radius 3 is 2.88 bits per heavy atom. The summed E-state index contributed by atoms with van der Waals surface area (Å²) in [7, 11) is 0. The second-order valence-electron chi connectivity index (χ2n) is 6.04. The first-order valence-electron chi connectivity index (χ1n) is 8.26. The van der Waals surface area contributed by atoms with Crippen molar-refractivity contribution in [2.75, 3.05) is 11.1 Å². The molecule has 0 saturated heterocycles. The number of amides is 1. The minimum Gasteiger partial charge on any atom is -0.298 e. The van der Waals surface area contributed by atoms with Crippen LogP contribution in [0.3, 0.4) is 0 Å². The van der Waals surface area contributed by atoms with Gasteiger partial charge in [0.2, 0.25) is 0 Å². The number of aryl methyl sites for hydroxylation is 2. The number of allylic oxidation sites excluding steroid dienone is 1. The highest BCUT2D eigenvalue weighted by Gasteiger charge is 2.12. The zero-order chi connectivity index (χ0) is 17.8. The van der Waals surface area contributed by atoms with Crippen LogP contribution in [0.4, 0.5) is 5.13 Å². The molecule has 1 N–H and O–H groups in total. The summed E-state index contributed by atoms with van der Waals surface area (Å²) in [5.41, 5.74) is 5.55. The zero-order valence-corrected chi connectivity index (χ0v) is 16.3. The van der Waals surface area contributed by atoms with E-state index in [0.717, 1.165) is 28.4 Å². The number of hydrogen-bond acceptors (Lipinski definition) is 5. The Morgan fingerprint density at radius 1 is 1.32 bits per heavy atom. The summed E-state index contributed by atoms with van der Waals surface area (Å²) < 4.78 is 1.09. The summed E-state index contributed by atoms with van der Waals surface area (Å²) >= 11 is 3.22. The molecular weight excluding hydrogens is 350 g/mol. The van der Waals surface area contributed by atoms with Gasteiger partial charge >= 0.3 is 0 Å². The van der Waals surface area contributed by atoms with Crippen molar-refractivity contribution in [1.29, 1.82) is 0 Å². The molecule has 0 atom stereocenters. The van der Waals surface area contributed by atoms with Crippen LogP contribution in [0, 0.1) is 13.8 Å². The molecule has 0 fully saturated rings. The smallest absolute Gasteiger partial charge is 0.257 e. The fraction of sp³-hybridized carbons (Fsp3) is 0.316. The first kappa shape index (κ1) is 17.9. The topological polar surface area (TPSA) is 54.4 Å². The fourth-order valence-corrected chi connectivity index (χ4v) is 4.24. The zero-order valence-electron chi connectivity index (χ0n) is 14.6. The van der Waals surface area contributed by atoms with Gasteiger partial charge in [-0.2, -0.15) is 0 Å². The van der Waals surface area contributed by atoms with Gasteiger partial charge in [-0.3, -0.25) is 15.1 Å². The van der Waals surface area contributed by atoms with Gasteiger partial charge in [0, 0.05) is 29.6 Å². The van der Waals surface area contributed by atoms with Crippen molar-refractivity contribution >= 4 is 39.8 Å². The summed E-state index contributed by atoms with van der Waals surface area (Å²) in [4.78, 5) is 21.1. The number of thiazole rings is 1. The second-order valence-corrected chi connectivity index (χ2v) is 8.35. The molecule has 4 nitrogen and oxygen atoms in total. The third kappa shape index (κ3) is 4.58. The molecule has 1 aromatic carbocycles. The lowest BCUT2D eigenvalue weighted by molar-refractivity contribution is 0.102. The number of benzene rings is 1. The summed E-state index contributed by atoms with van der Waals surface area (Å²) in [6.07, 6.45) is 5.85. The Hall–Kier alpha value is -1.92. The highest BCUT2D eigenvalue weighted by molar-refractivity contribution is 8.01. The molecule has 1 aliphatic rings. The fourth-order valence-electron chi connectivity index (χ4n) is 2.43. The Balaban J connectivity index is 1.55. The highest BCUT2D eigenvalue weighted by atomic mass is 32.2. The van der Waals surface area contributed by atoms with Crippen molar-refractivity contribution < 1.29 is 4.79 Å². The standard InChI is InChI=1S/C19H21N3OS2/c1-4-14-8-16(20-9-14)11-24-17-10-21-19(25-17)22-18(23)15-6-5-12(2)13(3)7-15/h5-7,9-10H,4,8,11H2,1-3H3,(H,21,22,23). The van der Waals surface area contributed by atoms with Crippen molar-refractivity contribution in [2.24, 2.45) is 4.99 Å². The van der Waals surface area contributed by atoms with E-state index in [-0.39, 0.29) is 5.91 Å². The number of aliphatic imine (C=N–C) groups is 1. The third-order valence-electron chi connectivity index (χ3n) is 4.17. The van der Waals surface area contributed by atoms with E-state index < -0.39 is 0 Å². The normalized spacial score (nSPS) is 13.6. The van der Waals surface area contributed by atoms with E-state index in [0.29, 0.717) is 10.7 Å². The lowest BCUT2D eigenvalue weighted by Crippen LogP contribution is -2.11. The number of hydrogen-bond donors (Lipinski definition) is 1. The predicted octanol–water partition coefficient (Wildman–Crippen LogP) is 5.24. The van der Waals surface area contributed by atoms with E-state index in [1.165, 1.54) is 28.2 Å². The molecule has 0 aliphatic carbocycles. The molecule has 0 bridgehead atoms. The second kappa shape index (κ2) is 7.97. The number of carbonyl (C=O) groups excluding carboxylic acids is 1. The maximum absolute atomic E-state index is 12.3. The van der Waals surface area contributed by atoms with Crippen LogP contribution in [-0.4, -0.2) is 22.4 Å². The van der Waals surface area contributed by atoms with Gasteiger partial charge in [-0.1, -0.05) is 24.3 Å². The molecule has 2 aromatic rings. The van der Waals surface area contributed by atoms with Gasteiger partial charge in [0.05, 0.1) is 10.4 Å². The molecule has 1 aliphatic heterocycles. The molecular formula is C19H21N3OS2. The minimum absolute atomic E-state index is 0.119. The van der Waals surface area contributed by atoms with Crippen LogP contribution < -0.4 is 5.32 Å². The number of thioether (sulfide) groups is 1. The van der Waals surface area contributed by atoms with Crippen LogP contribution in [-0.2, 0) is 0 Å². The largest absolute Gasteiger partial charge is 0.298 e. The molecule has 130 valence electrons. The average Bonchev–Trinajstić information content (AvgIpc) is 3.24. The molecule has 0 spiro atoms. The molecule has 0 unspecified atom stereocenters. The molecule has 0 radical (unpaired) electrons. The third-order valence-corrected chi connectivity index (χ3v) is 6.35. The molecule has 2 heterocycles. The van der Waals surface area contributed by atoms with Gasteiger partial charge in [0.1, 0.15) is 0 Å². The average molecular weight is 372 g/mol. The Morgan fingerprint density at radius 2 is 2.16 bits per heavy atom. The molecule has 0 saturated carbocycles. The molecule has 25 heavy (non-hydrogen) atoms. The maximum atomic E-state index is 12.3. The lowest BCUT2D eigenvalue weighted by atomic mass is 10.1.